The van der Waals surface area contributed by atoms with E-state index >= 15 is 0 Å². The van der Waals surface area contributed by atoms with Crippen LogP contribution in [-0.4, -0.2) is 53.2 Å². The van der Waals surface area contributed by atoms with E-state index in [9.17, 15) is 19.7 Å². The number of rotatable bonds is 4. The van der Waals surface area contributed by atoms with Crippen LogP contribution in [0.2, 0.25) is 0 Å². The van der Waals surface area contributed by atoms with E-state index in [1.807, 2.05) is 0 Å². The molecule has 0 spiro atoms. The normalized spacial score (nSPS) is 14.5. The monoisotopic (exact) mass is 358 g/mol. The Bertz CT molecular complexity index is 877. The number of carbonyl (C=O) groups is 2. The molecule has 3 rings (SSSR count). The molecule has 136 valence electrons. The molecule has 0 bridgehead atoms. The second-order valence-electron chi connectivity index (χ2n) is 5.88. The molecule has 1 saturated heterocycles. The average molecular weight is 358 g/mol. The highest BCUT2D eigenvalue weighted by Crippen LogP contribution is 2.27. The molecule has 0 atom stereocenters. The van der Waals surface area contributed by atoms with Gasteiger partial charge in [0.2, 0.25) is 5.91 Å². The number of nitro groups is 1. The molecule has 1 aliphatic rings. The summed E-state index contributed by atoms with van der Waals surface area (Å²) in [5.74, 6) is -0.573. The number of amides is 2. The number of carbonyl (C=O) groups excluding carboxylic acids is 2. The van der Waals surface area contributed by atoms with E-state index in [-0.39, 0.29) is 23.7 Å². The molecule has 1 N–H and O–H groups in total. The summed E-state index contributed by atoms with van der Waals surface area (Å²) in [6.45, 7) is 0.980. The number of nitro benzene ring substituents is 1. The van der Waals surface area contributed by atoms with Gasteiger partial charge in [0.1, 0.15) is 0 Å². The van der Waals surface area contributed by atoms with Gasteiger partial charge in [-0.1, -0.05) is 0 Å². The van der Waals surface area contributed by atoms with Crippen LogP contribution in [0.1, 0.15) is 10.4 Å². The maximum atomic E-state index is 12.6. The van der Waals surface area contributed by atoms with Gasteiger partial charge in [0, 0.05) is 45.5 Å². The van der Waals surface area contributed by atoms with Crippen LogP contribution in [0.4, 0.5) is 17.1 Å². The molecule has 10 heteroatoms. The summed E-state index contributed by atoms with van der Waals surface area (Å²) in [7, 11) is 3.23. The average Bonchev–Trinajstić information content (AvgIpc) is 3.06. The number of nitrogens with zero attached hydrogens (tertiary/aromatic N) is 5. The Kier molecular flexibility index (Phi) is 4.57. The molecule has 1 fully saturated rings. The quantitative estimate of drug-likeness (QED) is 0.630. The lowest BCUT2D eigenvalue weighted by Gasteiger charge is -2.35. The Balaban J connectivity index is 1.87. The number of hydrogen-bond donors (Lipinski definition) is 1. The van der Waals surface area contributed by atoms with E-state index in [4.69, 9.17) is 0 Å². The molecule has 10 nitrogen and oxygen atoms in total. The zero-order valence-electron chi connectivity index (χ0n) is 14.4. The lowest BCUT2D eigenvalue weighted by Crippen LogP contribution is -2.51. The van der Waals surface area contributed by atoms with Crippen molar-refractivity contribution in [1.29, 1.82) is 0 Å². The number of aryl methyl sites for hydroxylation is 1. The van der Waals surface area contributed by atoms with Crippen LogP contribution in [0.3, 0.4) is 0 Å². The fourth-order valence-electron chi connectivity index (χ4n) is 2.93. The Labute approximate surface area is 149 Å². The van der Waals surface area contributed by atoms with Gasteiger partial charge in [0.25, 0.3) is 11.6 Å². The van der Waals surface area contributed by atoms with Crippen molar-refractivity contribution in [2.45, 2.75) is 0 Å². The van der Waals surface area contributed by atoms with Crippen LogP contribution >= 0.6 is 0 Å². The van der Waals surface area contributed by atoms with E-state index in [2.05, 4.69) is 10.4 Å². The molecule has 1 aromatic heterocycles. The maximum Gasteiger partial charge on any atom is 0.270 e. The molecular formula is C16H18N6O4. The predicted molar refractivity (Wildman–Crippen MR) is 94.3 cm³/mol. The number of piperazine rings is 1. The highest BCUT2D eigenvalue weighted by Gasteiger charge is 2.29. The molecular weight excluding hydrogens is 340 g/mol. The van der Waals surface area contributed by atoms with Crippen molar-refractivity contribution in [2.75, 3.05) is 36.5 Å². The molecule has 0 aliphatic carbocycles. The van der Waals surface area contributed by atoms with E-state index < -0.39 is 10.8 Å². The minimum atomic E-state index is -0.554. The topological polar surface area (TPSA) is 114 Å². The lowest BCUT2D eigenvalue weighted by molar-refractivity contribution is -0.384. The van der Waals surface area contributed by atoms with Gasteiger partial charge in [-0.25, -0.2) is 0 Å². The van der Waals surface area contributed by atoms with Crippen molar-refractivity contribution in [3.63, 3.8) is 0 Å². The highest BCUT2D eigenvalue weighted by molar-refractivity contribution is 6.02. The summed E-state index contributed by atoms with van der Waals surface area (Å²) < 4.78 is 1.62. The fraction of sp³-hybridized carbons (Fsp3) is 0.312. The van der Waals surface area contributed by atoms with Gasteiger partial charge < -0.3 is 15.1 Å². The molecule has 1 aliphatic heterocycles. The Morgan fingerprint density at radius 2 is 2.12 bits per heavy atom. The van der Waals surface area contributed by atoms with Crippen LogP contribution in [-0.2, 0) is 11.8 Å². The summed E-state index contributed by atoms with van der Waals surface area (Å²) in [4.78, 5) is 38.5. The first-order chi connectivity index (χ1) is 12.4. The number of anilines is 2. The first-order valence-electron chi connectivity index (χ1n) is 7.95. The Morgan fingerprint density at radius 1 is 1.35 bits per heavy atom. The molecule has 1 aromatic carbocycles. The van der Waals surface area contributed by atoms with Crippen molar-refractivity contribution in [3.05, 3.63) is 46.3 Å². The first-order valence-corrected chi connectivity index (χ1v) is 7.95. The summed E-state index contributed by atoms with van der Waals surface area (Å²) in [5.41, 5.74) is 1.21. The van der Waals surface area contributed by atoms with Gasteiger partial charge in [-0.3, -0.25) is 24.4 Å². The first kappa shape index (κ1) is 17.4. The number of non-ortho nitro benzene ring substituents is 1. The Morgan fingerprint density at radius 3 is 2.69 bits per heavy atom. The van der Waals surface area contributed by atoms with Crippen molar-refractivity contribution in [3.8, 4) is 0 Å². The fourth-order valence-corrected chi connectivity index (χ4v) is 2.93. The van der Waals surface area contributed by atoms with Gasteiger partial charge in [0.05, 0.1) is 34.6 Å². The number of aromatic nitrogens is 2. The largest absolute Gasteiger partial charge is 0.360 e. The summed E-state index contributed by atoms with van der Waals surface area (Å²) in [6, 6.07) is 4.07. The predicted octanol–water partition coefficient (Wildman–Crippen LogP) is 0.541. The standard InChI is InChI=1S/C16H18N6O4/c1-17-16(24)13-7-11(22(25)26)3-4-14(13)20-5-6-21(15(23)10-20)12-8-18-19(2)9-12/h3-4,7-9H,5-6,10H2,1-2H3,(H,17,24). The van der Waals surface area contributed by atoms with Crippen molar-refractivity contribution < 1.29 is 14.5 Å². The third-order valence-electron chi connectivity index (χ3n) is 4.23. The molecule has 26 heavy (non-hydrogen) atoms. The smallest absolute Gasteiger partial charge is 0.270 e. The van der Waals surface area contributed by atoms with E-state index in [1.54, 1.807) is 33.9 Å². The molecule has 2 amide bonds. The minimum Gasteiger partial charge on any atom is -0.360 e. The molecule has 0 saturated carbocycles. The zero-order chi connectivity index (χ0) is 18.8. The van der Waals surface area contributed by atoms with E-state index in [0.717, 1.165) is 0 Å². The third-order valence-corrected chi connectivity index (χ3v) is 4.23. The Hall–Kier alpha value is -3.43. The summed E-state index contributed by atoms with van der Waals surface area (Å²) in [6.07, 6.45) is 3.38. The van der Waals surface area contributed by atoms with Crippen LogP contribution < -0.4 is 15.1 Å². The van der Waals surface area contributed by atoms with Gasteiger partial charge in [-0.15, -0.1) is 0 Å². The maximum absolute atomic E-state index is 12.6. The lowest BCUT2D eigenvalue weighted by atomic mass is 10.1. The van der Waals surface area contributed by atoms with Crippen molar-refractivity contribution >= 4 is 28.9 Å². The molecule has 0 radical (unpaired) electrons. The van der Waals surface area contributed by atoms with Crippen molar-refractivity contribution in [1.82, 2.24) is 15.1 Å². The summed E-state index contributed by atoms with van der Waals surface area (Å²) in [5, 5.41) is 17.5. The second-order valence-corrected chi connectivity index (χ2v) is 5.88. The van der Waals surface area contributed by atoms with Crippen molar-refractivity contribution in [2.24, 2.45) is 7.05 Å². The van der Waals surface area contributed by atoms with Gasteiger partial charge >= 0.3 is 0 Å². The number of nitrogens with one attached hydrogen (secondary N) is 1. The molecule has 0 unspecified atom stereocenters. The van der Waals surface area contributed by atoms with E-state index in [0.29, 0.717) is 24.5 Å². The molecule has 2 aromatic rings. The molecule has 2 heterocycles. The SMILES string of the molecule is CNC(=O)c1cc([N+](=O)[O-])ccc1N1CCN(c2cnn(C)c2)C(=O)C1. The third kappa shape index (κ3) is 3.21. The van der Waals surface area contributed by atoms with Crippen LogP contribution in [0.5, 0.6) is 0 Å². The second kappa shape index (κ2) is 6.82. The minimum absolute atomic E-state index is 0.0662. The highest BCUT2D eigenvalue weighted by atomic mass is 16.6. The van der Waals surface area contributed by atoms with E-state index in [1.165, 1.54) is 25.2 Å². The number of hydrogen-bond acceptors (Lipinski definition) is 6. The van der Waals surface area contributed by atoms with Gasteiger partial charge in [0.15, 0.2) is 0 Å². The zero-order valence-corrected chi connectivity index (χ0v) is 14.4. The van der Waals surface area contributed by atoms with Crippen LogP contribution in [0.15, 0.2) is 30.6 Å². The van der Waals surface area contributed by atoms with Gasteiger partial charge in [-0.2, -0.15) is 5.10 Å². The van der Waals surface area contributed by atoms with Crippen LogP contribution in [0, 0.1) is 10.1 Å². The van der Waals surface area contributed by atoms with Gasteiger partial charge in [-0.05, 0) is 6.07 Å². The number of benzene rings is 1. The van der Waals surface area contributed by atoms with Crippen LogP contribution in [0.25, 0.3) is 0 Å². The summed E-state index contributed by atoms with van der Waals surface area (Å²) >= 11 is 0.